The quantitative estimate of drug-likeness (QED) is 0.598. The second-order valence-electron chi connectivity index (χ2n) is 3.06. The van der Waals surface area contributed by atoms with Gasteiger partial charge in [0.1, 0.15) is 0 Å². The van der Waals surface area contributed by atoms with E-state index in [1.54, 1.807) is 6.08 Å². The van der Waals surface area contributed by atoms with Crippen molar-refractivity contribution in [3.05, 3.63) is 17.7 Å². The van der Waals surface area contributed by atoms with Crippen LogP contribution in [0.1, 0.15) is 5.56 Å². The van der Waals surface area contributed by atoms with Crippen LogP contribution < -0.4 is 9.47 Å². The number of aliphatic hydroxyl groups excluding tert-OH is 1. The lowest BCUT2D eigenvalue weighted by molar-refractivity contribution is 0.0207. The fourth-order valence-corrected chi connectivity index (χ4v) is 1.39. The van der Waals surface area contributed by atoms with Crippen molar-refractivity contribution in [2.75, 3.05) is 7.11 Å². The largest absolute Gasteiger partial charge is 0.502 e. The number of hydrogen-bond acceptors (Lipinski definition) is 5. The van der Waals surface area contributed by atoms with Crippen molar-refractivity contribution >= 4 is 6.08 Å². The summed E-state index contributed by atoms with van der Waals surface area (Å²) < 4.78 is 9.80. The van der Waals surface area contributed by atoms with Gasteiger partial charge in [0, 0.05) is 5.56 Å². The van der Waals surface area contributed by atoms with Gasteiger partial charge in [0.2, 0.25) is 17.8 Å². The fourth-order valence-electron chi connectivity index (χ4n) is 1.39. The van der Waals surface area contributed by atoms with E-state index >= 15 is 0 Å². The molecule has 0 saturated heterocycles. The average Bonchev–Trinajstić information content (AvgIpc) is 2.24. The lowest BCUT2D eigenvalue weighted by Crippen LogP contribution is -2.15. The first-order valence-corrected chi connectivity index (χ1v) is 4.29. The Labute approximate surface area is 85.8 Å². The van der Waals surface area contributed by atoms with Crippen molar-refractivity contribution in [2.45, 2.75) is 6.29 Å². The van der Waals surface area contributed by atoms with E-state index in [0.717, 1.165) is 0 Å². The smallest absolute Gasteiger partial charge is 0.217 e. The van der Waals surface area contributed by atoms with Gasteiger partial charge < -0.3 is 24.8 Å². The number of hydrogen-bond donors (Lipinski definition) is 3. The molecule has 1 aromatic rings. The highest BCUT2D eigenvalue weighted by Gasteiger charge is 2.22. The fraction of sp³-hybridized carbons (Fsp3) is 0.200. The van der Waals surface area contributed by atoms with E-state index in [0.29, 0.717) is 5.56 Å². The summed E-state index contributed by atoms with van der Waals surface area (Å²) in [5, 5.41) is 28.2. The van der Waals surface area contributed by atoms with Gasteiger partial charge in [0.05, 0.1) is 7.11 Å². The molecule has 5 heteroatoms. The summed E-state index contributed by atoms with van der Waals surface area (Å²) in [6.45, 7) is 0. The van der Waals surface area contributed by atoms with Crippen LogP contribution in [0.15, 0.2) is 12.1 Å². The van der Waals surface area contributed by atoms with Gasteiger partial charge in [0.25, 0.3) is 0 Å². The van der Waals surface area contributed by atoms with Crippen molar-refractivity contribution in [1.82, 2.24) is 0 Å². The highest BCUT2D eigenvalue weighted by Crippen LogP contribution is 2.46. The van der Waals surface area contributed by atoms with Crippen molar-refractivity contribution < 1.29 is 24.8 Å². The first-order chi connectivity index (χ1) is 7.13. The number of phenolic OH excluding ortho intramolecular Hbond substituents is 2. The van der Waals surface area contributed by atoms with E-state index in [1.165, 1.54) is 19.3 Å². The van der Waals surface area contributed by atoms with Gasteiger partial charge in [-0.15, -0.1) is 0 Å². The highest BCUT2D eigenvalue weighted by molar-refractivity contribution is 5.71. The minimum atomic E-state index is -1.11. The van der Waals surface area contributed by atoms with Crippen LogP contribution in [0.3, 0.4) is 0 Å². The number of benzene rings is 1. The summed E-state index contributed by atoms with van der Waals surface area (Å²) in [7, 11) is 1.38. The Morgan fingerprint density at radius 3 is 2.73 bits per heavy atom. The number of aromatic hydroxyl groups is 2. The number of methoxy groups -OCH3 is 1. The summed E-state index contributed by atoms with van der Waals surface area (Å²) in [6, 6.07) is 1.51. The number of fused-ring (bicyclic) bond motifs is 1. The van der Waals surface area contributed by atoms with Crippen molar-refractivity contribution in [3.63, 3.8) is 0 Å². The third-order valence-corrected chi connectivity index (χ3v) is 2.12. The molecule has 0 aromatic heterocycles. The van der Waals surface area contributed by atoms with Crippen LogP contribution in [0.5, 0.6) is 23.0 Å². The monoisotopic (exact) mass is 210 g/mol. The topological polar surface area (TPSA) is 79.2 Å². The van der Waals surface area contributed by atoms with Crippen LogP contribution >= 0.6 is 0 Å². The van der Waals surface area contributed by atoms with Crippen LogP contribution in [0.25, 0.3) is 6.08 Å². The van der Waals surface area contributed by atoms with Crippen molar-refractivity contribution in [3.8, 4) is 23.0 Å². The van der Waals surface area contributed by atoms with Crippen molar-refractivity contribution in [2.24, 2.45) is 0 Å². The maximum Gasteiger partial charge on any atom is 0.217 e. The zero-order valence-electron chi connectivity index (χ0n) is 7.97. The number of ether oxygens (including phenoxy) is 2. The molecule has 0 spiro atoms. The Balaban J connectivity index is 2.60. The first kappa shape index (κ1) is 9.67. The first-order valence-electron chi connectivity index (χ1n) is 4.29. The molecule has 1 aliphatic heterocycles. The van der Waals surface area contributed by atoms with E-state index < -0.39 is 17.8 Å². The SMILES string of the molecule is COc1cc2c(c(O)c1O)OC(O)C=C2. The predicted octanol–water partition coefficient (Wildman–Crippen LogP) is 0.830. The molecule has 1 heterocycles. The van der Waals surface area contributed by atoms with E-state index in [1.807, 2.05) is 0 Å². The zero-order valence-corrected chi connectivity index (χ0v) is 7.97. The Morgan fingerprint density at radius 1 is 1.33 bits per heavy atom. The molecule has 0 aliphatic carbocycles. The Kier molecular flexibility index (Phi) is 2.17. The van der Waals surface area contributed by atoms with E-state index in [2.05, 4.69) is 0 Å². The minimum absolute atomic E-state index is 0.0447. The average molecular weight is 210 g/mol. The van der Waals surface area contributed by atoms with E-state index in [-0.39, 0.29) is 11.5 Å². The maximum atomic E-state index is 9.57. The molecule has 0 bridgehead atoms. The molecule has 0 fully saturated rings. The third-order valence-electron chi connectivity index (χ3n) is 2.12. The zero-order chi connectivity index (χ0) is 11.0. The van der Waals surface area contributed by atoms with Crippen LogP contribution in [0, 0.1) is 0 Å². The molecule has 5 nitrogen and oxygen atoms in total. The summed E-state index contributed by atoms with van der Waals surface area (Å²) in [5.74, 6) is -0.648. The number of phenols is 2. The van der Waals surface area contributed by atoms with E-state index in [4.69, 9.17) is 14.6 Å². The number of aliphatic hydroxyl groups is 1. The predicted molar refractivity (Wildman–Crippen MR) is 52.0 cm³/mol. The highest BCUT2D eigenvalue weighted by atomic mass is 16.6. The summed E-state index contributed by atoms with van der Waals surface area (Å²) in [5.41, 5.74) is 0.535. The lowest BCUT2D eigenvalue weighted by atomic mass is 10.1. The minimum Gasteiger partial charge on any atom is -0.502 e. The molecule has 1 aromatic carbocycles. The molecular formula is C10H10O5. The molecule has 3 N–H and O–H groups in total. The molecule has 1 unspecified atom stereocenters. The molecule has 2 rings (SSSR count). The molecule has 0 amide bonds. The molecule has 80 valence electrons. The van der Waals surface area contributed by atoms with Crippen molar-refractivity contribution in [1.29, 1.82) is 0 Å². The van der Waals surface area contributed by atoms with Gasteiger partial charge in [-0.05, 0) is 18.2 Å². The van der Waals surface area contributed by atoms with Crippen LogP contribution in [-0.4, -0.2) is 28.7 Å². The molecule has 15 heavy (non-hydrogen) atoms. The van der Waals surface area contributed by atoms with E-state index in [9.17, 15) is 10.2 Å². The molecule has 0 radical (unpaired) electrons. The van der Waals surface area contributed by atoms with Gasteiger partial charge in [-0.3, -0.25) is 0 Å². The normalized spacial score (nSPS) is 18.1. The van der Waals surface area contributed by atoms with Crippen LogP contribution in [-0.2, 0) is 0 Å². The second-order valence-corrected chi connectivity index (χ2v) is 3.06. The lowest BCUT2D eigenvalue weighted by Gasteiger charge is -2.19. The third kappa shape index (κ3) is 1.46. The summed E-state index contributed by atoms with van der Waals surface area (Å²) in [6.07, 6.45) is 1.87. The Bertz CT molecular complexity index is 424. The molecular weight excluding hydrogens is 200 g/mol. The van der Waals surface area contributed by atoms with Crippen LogP contribution in [0.4, 0.5) is 0 Å². The Morgan fingerprint density at radius 2 is 2.07 bits per heavy atom. The van der Waals surface area contributed by atoms with Gasteiger partial charge in [-0.2, -0.15) is 0 Å². The summed E-state index contributed by atoms with van der Waals surface area (Å²) >= 11 is 0. The molecule has 0 saturated carbocycles. The van der Waals surface area contributed by atoms with Gasteiger partial charge in [-0.1, -0.05) is 0 Å². The van der Waals surface area contributed by atoms with Crippen LogP contribution in [0.2, 0.25) is 0 Å². The molecule has 1 aliphatic rings. The Hall–Kier alpha value is -1.88. The van der Waals surface area contributed by atoms with Gasteiger partial charge >= 0.3 is 0 Å². The number of rotatable bonds is 1. The summed E-state index contributed by atoms with van der Waals surface area (Å²) in [4.78, 5) is 0. The maximum absolute atomic E-state index is 9.57. The standard InChI is InChI=1S/C10H10O5/c1-14-6-4-5-2-3-7(11)15-10(5)9(13)8(6)12/h2-4,7,11-13H,1H3. The second kappa shape index (κ2) is 3.36. The molecule has 1 atom stereocenters. The van der Waals surface area contributed by atoms with Gasteiger partial charge in [0.15, 0.2) is 11.5 Å². The van der Waals surface area contributed by atoms with Gasteiger partial charge in [-0.25, -0.2) is 0 Å².